The number of methoxy groups -OCH3 is 1. The number of esters is 1. The van der Waals surface area contributed by atoms with Crippen molar-refractivity contribution in [3.63, 3.8) is 0 Å². The van der Waals surface area contributed by atoms with Crippen LogP contribution >= 0.6 is 0 Å². The van der Waals surface area contributed by atoms with Gasteiger partial charge in [-0.25, -0.2) is 18.4 Å². The number of piperazine rings is 1. The van der Waals surface area contributed by atoms with Crippen molar-refractivity contribution in [1.82, 2.24) is 15.5 Å². The van der Waals surface area contributed by atoms with E-state index in [1.54, 1.807) is 14.0 Å². The molecule has 2 N–H and O–H groups in total. The number of halogens is 2. The summed E-state index contributed by atoms with van der Waals surface area (Å²) >= 11 is 0. The van der Waals surface area contributed by atoms with E-state index in [9.17, 15) is 18.4 Å². The predicted octanol–water partition coefficient (Wildman–Crippen LogP) is 2.97. The summed E-state index contributed by atoms with van der Waals surface area (Å²) in [6.45, 7) is 4.98. The first-order chi connectivity index (χ1) is 16.9. The van der Waals surface area contributed by atoms with Crippen LogP contribution in [0.5, 0.6) is 5.75 Å². The molecule has 186 valence electrons. The molecule has 2 aromatic carbocycles. The second-order valence-electron chi connectivity index (χ2n) is 8.28. The molecule has 0 aliphatic carbocycles. The average molecular weight is 487 g/mol. The summed E-state index contributed by atoms with van der Waals surface area (Å²) in [7, 11) is 1.63. The lowest BCUT2D eigenvalue weighted by molar-refractivity contribution is -0.139. The Balaban J connectivity index is 1.56. The van der Waals surface area contributed by atoms with Crippen LogP contribution in [-0.2, 0) is 9.53 Å². The number of urea groups is 1. The molecular formula is C25H28F2N4O4. The molecular weight excluding hydrogens is 458 g/mol. The van der Waals surface area contributed by atoms with Crippen molar-refractivity contribution in [1.29, 1.82) is 0 Å². The molecule has 0 radical (unpaired) electrons. The van der Waals surface area contributed by atoms with Crippen LogP contribution in [0, 0.1) is 11.6 Å². The van der Waals surface area contributed by atoms with Gasteiger partial charge in [0.05, 0.1) is 25.3 Å². The van der Waals surface area contributed by atoms with Gasteiger partial charge in [0.2, 0.25) is 0 Å². The van der Waals surface area contributed by atoms with Crippen molar-refractivity contribution in [3.05, 3.63) is 70.9 Å². The Hall–Kier alpha value is -3.66. The number of ether oxygens (including phenoxy) is 2. The lowest BCUT2D eigenvalue weighted by Crippen LogP contribution is -2.51. The van der Waals surface area contributed by atoms with Crippen molar-refractivity contribution < 1.29 is 27.8 Å². The Morgan fingerprint density at radius 2 is 1.86 bits per heavy atom. The summed E-state index contributed by atoms with van der Waals surface area (Å²) < 4.78 is 38.0. The molecule has 35 heavy (non-hydrogen) atoms. The number of hydrogen-bond donors (Lipinski definition) is 2. The van der Waals surface area contributed by atoms with Gasteiger partial charge >= 0.3 is 12.0 Å². The molecule has 0 saturated carbocycles. The molecule has 0 unspecified atom stereocenters. The predicted molar refractivity (Wildman–Crippen MR) is 126 cm³/mol. The Morgan fingerprint density at radius 1 is 1.09 bits per heavy atom. The summed E-state index contributed by atoms with van der Waals surface area (Å²) in [5.74, 6) is -1.91. The maximum absolute atomic E-state index is 13.9. The van der Waals surface area contributed by atoms with Crippen LogP contribution in [-0.4, -0.2) is 63.3 Å². The van der Waals surface area contributed by atoms with Crippen LogP contribution in [0.3, 0.4) is 0 Å². The summed E-state index contributed by atoms with van der Waals surface area (Å²) in [6.07, 6.45) is 0. The SMILES string of the molecule is CCOC(=O)C1=C(CN2CCN(c3cccc(OC)c3)CC2)NC(=O)N[C@@H]1c1ccc(F)c(F)c1. The molecule has 0 bridgehead atoms. The van der Waals surface area contributed by atoms with Crippen LogP contribution in [0.25, 0.3) is 0 Å². The molecule has 2 aliphatic rings. The highest BCUT2D eigenvalue weighted by atomic mass is 19.2. The fraction of sp³-hybridized carbons (Fsp3) is 0.360. The number of amides is 2. The van der Waals surface area contributed by atoms with Crippen LogP contribution in [0.15, 0.2) is 53.7 Å². The first-order valence-corrected chi connectivity index (χ1v) is 11.4. The van der Waals surface area contributed by atoms with Gasteiger partial charge in [-0.2, -0.15) is 0 Å². The molecule has 10 heteroatoms. The van der Waals surface area contributed by atoms with E-state index in [0.29, 0.717) is 25.3 Å². The number of anilines is 1. The van der Waals surface area contributed by atoms with E-state index in [0.717, 1.165) is 36.7 Å². The standard InChI is InChI=1S/C25H28F2N4O4/c1-3-35-24(32)22-21(28-25(33)29-23(22)16-7-8-19(26)20(27)13-16)15-30-9-11-31(12-10-30)17-5-4-6-18(14-17)34-2/h4-8,13-14,23H,3,9-12,15H2,1-2H3,(H2,28,29,33)/t23-/m1/s1. The van der Waals surface area contributed by atoms with Crippen LogP contribution < -0.4 is 20.3 Å². The zero-order valence-electron chi connectivity index (χ0n) is 19.6. The largest absolute Gasteiger partial charge is 0.497 e. The van der Waals surface area contributed by atoms with Gasteiger partial charge in [-0.15, -0.1) is 0 Å². The number of carbonyl (C=O) groups excluding carboxylic acids is 2. The van der Waals surface area contributed by atoms with Gasteiger partial charge in [0.25, 0.3) is 0 Å². The van der Waals surface area contributed by atoms with Gasteiger partial charge in [-0.1, -0.05) is 12.1 Å². The van der Waals surface area contributed by atoms with Gasteiger partial charge in [-0.3, -0.25) is 4.90 Å². The summed E-state index contributed by atoms with van der Waals surface area (Å²) in [5.41, 5.74) is 1.87. The number of hydrogen-bond acceptors (Lipinski definition) is 6. The third-order valence-corrected chi connectivity index (χ3v) is 6.10. The van der Waals surface area contributed by atoms with Gasteiger partial charge in [-0.05, 0) is 36.8 Å². The van der Waals surface area contributed by atoms with E-state index in [4.69, 9.17) is 9.47 Å². The number of nitrogens with one attached hydrogen (secondary N) is 2. The van der Waals surface area contributed by atoms with E-state index in [-0.39, 0.29) is 17.7 Å². The summed E-state index contributed by atoms with van der Waals surface area (Å²) in [6, 6.07) is 9.65. The second-order valence-corrected chi connectivity index (χ2v) is 8.28. The van der Waals surface area contributed by atoms with Crippen molar-refractivity contribution >= 4 is 17.7 Å². The lowest BCUT2D eigenvalue weighted by atomic mass is 9.94. The highest BCUT2D eigenvalue weighted by Gasteiger charge is 2.35. The highest BCUT2D eigenvalue weighted by Crippen LogP contribution is 2.29. The number of carbonyl (C=O) groups is 2. The fourth-order valence-electron chi connectivity index (χ4n) is 4.33. The highest BCUT2D eigenvalue weighted by molar-refractivity contribution is 5.95. The quantitative estimate of drug-likeness (QED) is 0.586. The van der Waals surface area contributed by atoms with Crippen molar-refractivity contribution in [3.8, 4) is 5.75 Å². The fourth-order valence-corrected chi connectivity index (χ4v) is 4.33. The monoisotopic (exact) mass is 486 g/mol. The summed E-state index contributed by atoms with van der Waals surface area (Å²) in [5, 5.41) is 5.36. The van der Waals surface area contributed by atoms with Gasteiger partial charge < -0.3 is 25.0 Å². The molecule has 2 amide bonds. The molecule has 2 heterocycles. The third-order valence-electron chi connectivity index (χ3n) is 6.10. The van der Waals surface area contributed by atoms with Crippen LogP contribution in [0.2, 0.25) is 0 Å². The Morgan fingerprint density at radius 3 is 2.54 bits per heavy atom. The Labute approximate surface area is 202 Å². The molecule has 2 aromatic rings. The third kappa shape index (κ3) is 5.54. The first-order valence-electron chi connectivity index (χ1n) is 11.4. The molecule has 1 saturated heterocycles. The number of rotatable bonds is 7. The molecule has 4 rings (SSSR count). The maximum Gasteiger partial charge on any atom is 0.338 e. The van der Waals surface area contributed by atoms with Crippen molar-refractivity contribution in [2.75, 3.05) is 51.3 Å². The van der Waals surface area contributed by atoms with E-state index < -0.39 is 29.7 Å². The zero-order valence-corrected chi connectivity index (χ0v) is 19.6. The zero-order chi connectivity index (χ0) is 24.9. The molecule has 1 fully saturated rings. The van der Waals surface area contributed by atoms with Crippen LogP contribution in [0.4, 0.5) is 19.3 Å². The number of benzene rings is 2. The van der Waals surface area contributed by atoms with E-state index in [1.165, 1.54) is 6.07 Å². The minimum Gasteiger partial charge on any atom is -0.497 e. The smallest absolute Gasteiger partial charge is 0.338 e. The van der Waals surface area contributed by atoms with E-state index in [1.807, 2.05) is 24.3 Å². The van der Waals surface area contributed by atoms with Gasteiger partial charge in [0, 0.05) is 50.2 Å². The minimum atomic E-state index is -1.06. The molecule has 2 aliphatic heterocycles. The molecule has 0 aromatic heterocycles. The van der Waals surface area contributed by atoms with Crippen molar-refractivity contribution in [2.45, 2.75) is 13.0 Å². The normalized spacial score (nSPS) is 18.7. The molecule has 8 nitrogen and oxygen atoms in total. The number of nitrogens with zero attached hydrogens (tertiary/aromatic N) is 2. The molecule has 1 atom stereocenters. The van der Waals surface area contributed by atoms with E-state index in [2.05, 4.69) is 20.4 Å². The topological polar surface area (TPSA) is 83.1 Å². The Kier molecular flexibility index (Phi) is 7.50. The van der Waals surface area contributed by atoms with Gasteiger partial charge in [0.15, 0.2) is 11.6 Å². The van der Waals surface area contributed by atoms with Crippen LogP contribution in [0.1, 0.15) is 18.5 Å². The summed E-state index contributed by atoms with van der Waals surface area (Å²) in [4.78, 5) is 29.7. The Bertz CT molecular complexity index is 1130. The average Bonchev–Trinajstić information content (AvgIpc) is 2.86. The van der Waals surface area contributed by atoms with Gasteiger partial charge in [0.1, 0.15) is 5.75 Å². The molecule has 0 spiro atoms. The minimum absolute atomic E-state index is 0.132. The van der Waals surface area contributed by atoms with Crippen molar-refractivity contribution in [2.24, 2.45) is 0 Å². The lowest BCUT2D eigenvalue weighted by Gasteiger charge is -2.38. The maximum atomic E-state index is 13.9. The second kappa shape index (κ2) is 10.7. The first kappa shape index (κ1) is 24.5. The van der Waals surface area contributed by atoms with E-state index >= 15 is 0 Å².